The van der Waals surface area contributed by atoms with Crippen LogP contribution in [0, 0.1) is 24.2 Å². The normalized spacial score (nSPS) is 24.2. The number of amides is 1. The summed E-state index contributed by atoms with van der Waals surface area (Å²) in [5.74, 6) is 0.318. The smallest absolute Gasteiger partial charge is 0.224 e. The lowest BCUT2D eigenvalue weighted by Gasteiger charge is -2.52. The zero-order valence-corrected chi connectivity index (χ0v) is 17.6. The Kier molecular flexibility index (Phi) is 6.20. The molecule has 0 bridgehead atoms. The lowest BCUT2D eigenvalue weighted by Crippen LogP contribution is -2.65. The van der Waals surface area contributed by atoms with E-state index in [1.165, 1.54) is 30.4 Å². The van der Waals surface area contributed by atoms with Crippen LogP contribution in [0.25, 0.3) is 11.1 Å². The molecule has 30 heavy (non-hydrogen) atoms. The number of hydrogen-bond acceptors (Lipinski definition) is 3. The van der Waals surface area contributed by atoms with E-state index in [1.54, 1.807) is 4.90 Å². The van der Waals surface area contributed by atoms with Gasteiger partial charge in [-0.15, -0.1) is 0 Å². The number of hydrogen-bond donors (Lipinski definition) is 1. The quantitative estimate of drug-likeness (QED) is 0.780. The minimum absolute atomic E-state index is 0.0280. The van der Waals surface area contributed by atoms with E-state index < -0.39 is 6.04 Å². The van der Waals surface area contributed by atoms with Crippen molar-refractivity contribution in [3.63, 3.8) is 0 Å². The van der Waals surface area contributed by atoms with E-state index >= 15 is 0 Å². The van der Waals surface area contributed by atoms with Crippen LogP contribution in [0.2, 0.25) is 0 Å². The molecule has 0 spiro atoms. The fraction of sp³-hybridized carbons (Fsp3) is 0.462. The van der Waals surface area contributed by atoms with Crippen LogP contribution in [-0.4, -0.2) is 34.6 Å². The molecule has 2 fully saturated rings. The Bertz CT molecular complexity index is 925. The van der Waals surface area contributed by atoms with Crippen molar-refractivity contribution in [2.75, 3.05) is 6.61 Å². The molecule has 1 amide bonds. The molecule has 0 aromatic heterocycles. The highest BCUT2D eigenvalue weighted by atomic mass is 16.3. The predicted molar refractivity (Wildman–Crippen MR) is 118 cm³/mol. The van der Waals surface area contributed by atoms with Crippen LogP contribution in [-0.2, 0) is 4.79 Å². The molecular weight excluding hydrogens is 372 g/mol. The Hall–Kier alpha value is -2.64. The summed E-state index contributed by atoms with van der Waals surface area (Å²) < 4.78 is 0. The van der Waals surface area contributed by atoms with Crippen LogP contribution in [0.4, 0.5) is 0 Å². The molecule has 4 rings (SSSR count). The van der Waals surface area contributed by atoms with Gasteiger partial charge in [-0.1, -0.05) is 67.8 Å². The summed E-state index contributed by atoms with van der Waals surface area (Å²) in [6, 6.07) is 18.0. The minimum atomic E-state index is -0.498. The summed E-state index contributed by atoms with van der Waals surface area (Å²) in [5.41, 5.74) is 4.56. The lowest BCUT2D eigenvalue weighted by molar-refractivity contribution is -0.148. The van der Waals surface area contributed by atoms with Crippen LogP contribution >= 0.6 is 0 Å². The average molecular weight is 403 g/mol. The summed E-state index contributed by atoms with van der Waals surface area (Å²) in [4.78, 5) is 14.6. The van der Waals surface area contributed by atoms with Crippen molar-refractivity contribution in [2.24, 2.45) is 5.92 Å². The van der Waals surface area contributed by atoms with Gasteiger partial charge in [0.2, 0.25) is 5.91 Å². The third-order valence-corrected chi connectivity index (χ3v) is 6.96. The highest BCUT2D eigenvalue weighted by molar-refractivity contribution is 5.79. The number of benzene rings is 2. The van der Waals surface area contributed by atoms with Crippen LogP contribution in [0.5, 0.6) is 0 Å². The van der Waals surface area contributed by atoms with E-state index in [0.717, 1.165) is 24.0 Å². The third-order valence-electron chi connectivity index (χ3n) is 6.96. The van der Waals surface area contributed by atoms with E-state index in [9.17, 15) is 15.2 Å². The molecule has 2 aliphatic rings. The van der Waals surface area contributed by atoms with E-state index in [1.807, 2.05) is 24.3 Å². The number of aliphatic hydroxyl groups excluding tert-OH is 1. The number of carbonyl (C=O) groups excluding carboxylic acids is 1. The molecule has 0 unspecified atom stereocenters. The van der Waals surface area contributed by atoms with Crippen molar-refractivity contribution >= 4 is 5.91 Å². The van der Waals surface area contributed by atoms with Crippen LogP contribution in [0.15, 0.2) is 48.5 Å². The number of aryl methyl sites for hydroxylation is 1. The molecule has 1 aliphatic heterocycles. The van der Waals surface area contributed by atoms with Crippen molar-refractivity contribution in [3.8, 4) is 17.2 Å². The number of nitrogens with zero attached hydrogens (tertiary/aromatic N) is 2. The van der Waals surface area contributed by atoms with Crippen molar-refractivity contribution in [1.82, 2.24) is 4.90 Å². The van der Waals surface area contributed by atoms with Gasteiger partial charge >= 0.3 is 0 Å². The second-order valence-electron chi connectivity index (χ2n) is 8.80. The second-order valence-corrected chi connectivity index (χ2v) is 8.80. The van der Waals surface area contributed by atoms with E-state index in [-0.39, 0.29) is 24.5 Å². The van der Waals surface area contributed by atoms with Crippen LogP contribution in [0.1, 0.15) is 55.6 Å². The maximum absolute atomic E-state index is 12.9. The van der Waals surface area contributed by atoms with Crippen molar-refractivity contribution in [1.29, 1.82) is 5.26 Å². The van der Waals surface area contributed by atoms with Crippen molar-refractivity contribution in [3.05, 3.63) is 59.7 Å². The summed E-state index contributed by atoms with van der Waals surface area (Å²) in [6.07, 6.45) is 6.36. The minimum Gasteiger partial charge on any atom is -0.394 e. The molecule has 156 valence electrons. The van der Waals surface area contributed by atoms with Gasteiger partial charge < -0.3 is 10.0 Å². The first kappa shape index (κ1) is 20.6. The van der Waals surface area contributed by atoms with E-state index in [4.69, 9.17) is 0 Å². The van der Waals surface area contributed by atoms with Gasteiger partial charge in [-0.25, -0.2) is 0 Å². The van der Waals surface area contributed by atoms with Crippen molar-refractivity contribution in [2.45, 2.75) is 63.5 Å². The van der Waals surface area contributed by atoms with Crippen LogP contribution < -0.4 is 0 Å². The molecule has 4 heteroatoms. The number of carbonyl (C=O) groups is 1. The molecule has 2 aromatic carbocycles. The van der Waals surface area contributed by atoms with Gasteiger partial charge in [0.15, 0.2) is 0 Å². The SMILES string of the molecule is Cc1ccccc1-c1ccc([C@@H]2[C@@H](C#N)N(C(=O)CC3CCCCC3)[C@@H]2CO)cc1. The Balaban J connectivity index is 1.50. The molecule has 1 saturated carbocycles. The second kappa shape index (κ2) is 9.02. The lowest BCUT2D eigenvalue weighted by atomic mass is 9.74. The van der Waals surface area contributed by atoms with Crippen molar-refractivity contribution < 1.29 is 9.90 Å². The Morgan fingerprint density at radius 2 is 1.80 bits per heavy atom. The van der Waals surface area contributed by atoms with Gasteiger partial charge in [0.05, 0.1) is 18.7 Å². The fourth-order valence-corrected chi connectivity index (χ4v) is 5.28. The first-order valence-electron chi connectivity index (χ1n) is 11.1. The van der Waals surface area contributed by atoms with Gasteiger partial charge in [0.25, 0.3) is 0 Å². The number of rotatable bonds is 5. The highest BCUT2D eigenvalue weighted by Gasteiger charge is 2.51. The van der Waals surface area contributed by atoms with Gasteiger partial charge in [0, 0.05) is 12.3 Å². The largest absolute Gasteiger partial charge is 0.394 e. The molecule has 2 aromatic rings. The van der Waals surface area contributed by atoms with Crippen LogP contribution in [0.3, 0.4) is 0 Å². The van der Waals surface area contributed by atoms with Gasteiger partial charge in [-0.2, -0.15) is 5.26 Å². The maximum Gasteiger partial charge on any atom is 0.224 e. The number of nitriles is 1. The Morgan fingerprint density at radius 3 is 2.43 bits per heavy atom. The topological polar surface area (TPSA) is 64.3 Å². The molecule has 1 saturated heterocycles. The molecule has 4 nitrogen and oxygen atoms in total. The molecule has 0 radical (unpaired) electrons. The van der Waals surface area contributed by atoms with E-state index in [0.29, 0.717) is 12.3 Å². The molecule has 1 N–H and O–H groups in total. The fourth-order valence-electron chi connectivity index (χ4n) is 5.28. The number of likely N-dealkylation sites (tertiary alicyclic amines) is 1. The van der Waals surface area contributed by atoms with Gasteiger partial charge in [-0.05, 0) is 47.9 Å². The van der Waals surface area contributed by atoms with Gasteiger partial charge in [0.1, 0.15) is 6.04 Å². The van der Waals surface area contributed by atoms with E-state index in [2.05, 4.69) is 37.3 Å². The first-order valence-corrected chi connectivity index (χ1v) is 11.1. The summed E-state index contributed by atoms with van der Waals surface area (Å²) in [6.45, 7) is 1.98. The summed E-state index contributed by atoms with van der Waals surface area (Å²) in [5, 5.41) is 19.8. The number of aliphatic hydroxyl groups is 1. The Labute approximate surface area is 179 Å². The Morgan fingerprint density at radius 1 is 1.10 bits per heavy atom. The van der Waals surface area contributed by atoms with Gasteiger partial charge in [-0.3, -0.25) is 4.79 Å². The molecule has 1 aliphatic carbocycles. The monoisotopic (exact) mass is 402 g/mol. The first-order chi connectivity index (χ1) is 14.6. The molecule has 3 atom stereocenters. The summed E-state index contributed by atoms with van der Waals surface area (Å²) >= 11 is 0. The highest BCUT2D eigenvalue weighted by Crippen LogP contribution is 2.42. The summed E-state index contributed by atoms with van der Waals surface area (Å²) in [7, 11) is 0. The zero-order valence-electron chi connectivity index (χ0n) is 17.6. The molecule has 1 heterocycles. The predicted octanol–water partition coefficient (Wildman–Crippen LogP) is 4.81. The average Bonchev–Trinajstić information content (AvgIpc) is 2.75. The third kappa shape index (κ3) is 3.87. The standard InChI is InChI=1S/C26H30N2O2/c1-18-7-5-6-10-22(18)20-11-13-21(14-12-20)26-23(16-27)28(24(26)17-29)25(30)15-19-8-3-2-4-9-19/h5-7,10-14,19,23-24,26,29H,2-4,8-9,15,17H2,1H3/t23-,24-,26-/m1/s1. The zero-order chi connectivity index (χ0) is 21.1. The molecular formula is C26H30N2O2. The maximum atomic E-state index is 12.9.